The Labute approximate surface area is 97.2 Å². The van der Waals surface area contributed by atoms with E-state index in [4.69, 9.17) is 5.73 Å². The fourth-order valence-corrected chi connectivity index (χ4v) is 3.80. The molecule has 7 nitrogen and oxygen atoms in total. The number of nitrogens with one attached hydrogen (secondary N) is 1. The van der Waals surface area contributed by atoms with Gasteiger partial charge in [0, 0.05) is 12.6 Å². The predicted octanol–water partition coefficient (Wildman–Crippen LogP) is -1.30. The Bertz CT molecular complexity index is 643. The van der Waals surface area contributed by atoms with E-state index in [9.17, 15) is 18.0 Å². The quantitative estimate of drug-likeness (QED) is 0.684. The highest BCUT2D eigenvalue weighted by Crippen LogP contribution is 2.21. The molecule has 0 saturated carbocycles. The number of nitrogens with zero attached hydrogens (tertiary/aromatic N) is 1. The zero-order valence-corrected chi connectivity index (χ0v) is 9.87. The summed E-state index contributed by atoms with van der Waals surface area (Å²) in [5.74, 6) is 0.135. The van der Waals surface area contributed by atoms with Gasteiger partial charge in [0.25, 0.3) is 5.56 Å². The average Bonchev–Trinajstić information content (AvgIpc) is 2.51. The molecule has 2 rings (SSSR count). The van der Waals surface area contributed by atoms with Crippen LogP contribution < -0.4 is 17.0 Å². The van der Waals surface area contributed by atoms with Crippen LogP contribution in [0, 0.1) is 0 Å². The predicted molar refractivity (Wildman–Crippen MR) is 62.5 cm³/mol. The monoisotopic (exact) mass is 259 g/mol. The summed E-state index contributed by atoms with van der Waals surface area (Å²) >= 11 is 0. The lowest BCUT2D eigenvalue weighted by Crippen LogP contribution is -2.35. The van der Waals surface area contributed by atoms with Crippen molar-refractivity contribution in [3.63, 3.8) is 0 Å². The van der Waals surface area contributed by atoms with Crippen LogP contribution in [0.15, 0.2) is 15.7 Å². The highest BCUT2D eigenvalue weighted by molar-refractivity contribution is 7.92. The van der Waals surface area contributed by atoms with Crippen molar-refractivity contribution in [1.29, 1.82) is 0 Å². The molecule has 2 heterocycles. The van der Waals surface area contributed by atoms with E-state index in [1.54, 1.807) is 0 Å². The van der Waals surface area contributed by atoms with E-state index in [0.717, 1.165) is 10.6 Å². The third-order valence-electron chi connectivity index (χ3n) is 2.91. The molecule has 0 amide bonds. The van der Waals surface area contributed by atoms with Gasteiger partial charge in [-0.15, -0.1) is 0 Å². The number of hydrogen-bond donors (Lipinski definition) is 2. The molecule has 17 heavy (non-hydrogen) atoms. The van der Waals surface area contributed by atoms with Crippen molar-refractivity contribution >= 4 is 15.7 Å². The van der Waals surface area contributed by atoms with Crippen LogP contribution in [0.1, 0.15) is 12.8 Å². The number of aromatic nitrogens is 2. The number of sulfone groups is 1. The Hall–Kier alpha value is -1.57. The van der Waals surface area contributed by atoms with Crippen molar-refractivity contribution in [3.05, 3.63) is 26.9 Å². The van der Waals surface area contributed by atoms with Crippen LogP contribution in [-0.2, 0) is 16.4 Å². The molecule has 0 bridgehead atoms. The minimum atomic E-state index is -3.14. The first-order chi connectivity index (χ1) is 7.90. The van der Waals surface area contributed by atoms with Crippen LogP contribution >= 0.6 is 0 Å². The second-order valence-corrected chi connectivity index (χ2v) is 6.51. The minimum absolute atomic E-state index is 0.00375. The first-order valence-corrected chi connectivity index (χ1v) is 6.93. The molecular weight excluding hydrogens is 246 g/mol. The maximum Gasteiger partial charge on any atom is 0.329 e. The smallest absolute Gasteiger partial charge is 0.329 e. The molecule has 1 aliphatic rings. The number of anilines is 1. The number of hydrogen-bond acceptors (Lipinski definition) is 5. The summed E-state index contributed by atoms with van der Waals surface area (Å²) in [5.41, 5.74) is 4.28. The molecule has 94 valence electrons. The highest BCUT2D eigenvalue weighted by Gasteiger charge is 2.32. The number of rotatable bonds is 2. The average molecular weight is 259 g/mol. The van der Waals surface area contributed by atoms with Crippen molar-refractivity contribution in [3.8, 4) is 0 Å². The standard InChI is InChI=1S/C9H13N3O4S/c10-7-4-8(13)11-9(14)12(7)5-6-2-1-3-17(6,15)16/h4,6H,1-3,5,10H2,(H,11,13,14). The topological polar surface area (TPSA) is 115 Å². The van der Waals surface area contributed by atoms with Gasteiger partial charge in [-0.25, -0.2) is 13.2 Å². The Balaban J connectivity index is 2.38. The third-order valence-corrected chi connectivity index (χ3v) is 5.17. The number of H-pyrrole nitrogens is 1. The van der Waals surface area contributed by atoms with Crippen molar-refractivity contribution in [1.82, 2.24) is 9.55 Å². The van der Waals surface area contributed by atoms with E-state index in [1.165, 1.54) is 0 Å². The van der Waals surface area contributed by atoms with Crippen LogP contribution in [0.5, 0.6) is 0 Å². The lowest BCUT2D eigenvalue weighted by molar-refractivity contribution is 0.558. The summed E-state index contributed by atoms with van der Waals surface area (Å²) < 4.78 is 24.3. The van der Waals surface area contributed by atoms with Crippen molar-refractivity contribution in [2.45, 2.75) is 24.6 Å². The van der Waals surface area contributed by atoms with Crippen molar-refractivity contribution < 1.29 is 8.42 Å². The maximum atomic E-state index is 11.6. The fraction of sp³-hybridized carbons (Fsp3) is 0.556. The second kappa shape index (κ2) is 4.02. The summed E-state index contributed by atoms with van der Waals surface area (Å²) in [7, 11) is -3.14. The van der Waals surface area contributed by atoms with E-state index in [-0.39, 0.29) is 18.1 Å². The van der Waals surface area contributed by atoms with Crippen LogP contribution in [0.25, 0.3) is 0 Å². The van der Waals surface area contributed by atoms with Gasteiger partial charge in [-0.1, -0.05) is 0 Å². The van der Waals surface area contributed by atoms with Gasteiger partial charge in [0.15, 0.2) is 9.84 Å². The minimum Gasteiger partial charge on any atom is -0.385 e. The molecule has 8 heteroatoms. The van der Waals surface area contributed by atoms with Gasteiger partial charge in [-0.3, -0.25) is 14.3 Å². The Morgan fingerprint density at radius 2 is 2.18 bits per heavy atom. The first kappa shape index (κ1) is 11.9. The zero-order chi connectivity index (χ0) is 12.6. The van der Waals surface area contributed by atoms with Crippen LogP contribution in [0.3, 0.4) is 0 Å². The summed E-state index contributed by atoms with van der Waals surface area (Å²) in [6.45, 7) is 0.00375. The van der Waals surface area contributed by atoms with Crippen LogP contribution in [-0.4, -0.2) is 29.0 Å². The van der Waals surface area contributed by atoms with Gasteiger partial charge >= 0.3 is 5.69 Å². The molecule has 0 spiro atoms. The fourth-order valence-electron chi connectivity index (χ4n) is 1.99. The lowest BCUT2D eigenvalue weighted by Gasteiger charge is -2.13. The second-order valence-electron chi connectivity index (χ2n) is 4.11. The molecular formula is C9H13N3O4S. The molecule has 1 unspecified atom stereocenters. The van der Waals surface area contributed by atoms with E-state index in [2.05, 4.69) is 4.98 Å². The highest BCUT2D eigenvalue weighted by atomic mass is 32.2. The van der Waals surface area contributed by atoms with Crippen molar-refractivity contribution in [2.75, 3.05) is 11.5 Å². The number of nitrogens with two attached hydrogens (primary N) is 1. The third kappa shape index (κ3) is 2.26. The van der Waals surface area contributed by atoms with Gasteiger partial charge < -0.3 is 5.73 Å². The summed E-state index contributed by atoms with van der Waals surface area (Å²) in [6, 6.07) is 1.07. The molecule has 0 aliphatic carbocycles. The lowest BCUT2D eigenvalue weighted by atomic mass is 10.2. The van der Waals surface area contributed by atoms with Crippen LogP contribution in [0.2, 0.25) is 0 Å². The van der Waals surface area contributed by atoms with E-state index in [0.29, 0.717) is 12.8 Å². The number of nitrogen functional groups attached to an aromatic ring is 1. The summed E-state index contributed by atoms with van der Waals surface area (Å²) in [4.78, 5) is 24.5. The molecule has 0 radical (unpaired) electrons. The van der Waals surface area contributed by atoms with Crippen molar-refractivity contribution in [2.24, 2.45) is 0 Å². The van der Waals surface area contributed by atoms with E-state index >= 15 is 0 Å². The molecule has 1 aromatic heterocycles. The summed E-state index contributed by atoms with van der Waals surface area (Å²) in [5, 5.41) is -0.589. The van der Waals surface area contributed by atoms with Gasteiger partial charge in [-0.2, -0.15) is 0 Å². The maximum absolute atomic E-state index is 11.6. The molecule has 1 aromatic rings. The van der Waals surface area contributed by atoms with E-state index in [1.807, 2.05) is 0 Å². The molecule has 1 fully saturated rings. The van der Waals surface area contributed by atoms with Crippen LogP contribution in [0.4, 0.5) is 5.82 Å². The summed E-state index contributed by atoms with van der Waals surface area (Å²) in [6.07, 6.45) is 1.12. The van der Waals surface area contributed by atoms with Gasteiger partial charge in [0.1, 0.15) is 5.82 Å². The Morgan fingerprint density at radius 3 is 2.71 bits per heavy atom. The number of aromatic amines is 1. The molecule has 1 saturated heterocycles. The first-order valence-electron chi connectivity index (χ1n) is 5.21. The normalized spacial score (nSPS) is 22.7. The van der Waals surface area contributed by atoms with Gasteiger partial charge in [0.05, 0.1) is 11.0 Å². The SMILES string of the molecule is Nc1cc(=O)[nH]c(=O)n1CC1CCCS1(=O)=O. The van der Waals surface area contributed by atoms with Gasteiger partial charge in [0.2, 0.25) is 0 Å². The largest absolute Gasteiger partial charge is 0.385 e. The zero-order valence-electron chi connectivity index (χ0n) is 9.05. The Kier molecular flexibility index (Phi) is 2.82. The molecule has 3 N–H and O–H groups in total. The molecule has 1 aliphatic heterocycles. The Morgan fingerprint density at radius 1 is 1.47 bits per heavy atom. The molecule has 0 aromatic carbocycles. The molecule has 1 atom stereocenters. The van der Waals surface area contributed by atoms with E-state index < -0.39 is 26.3 Å². The van der Waals surface area contributed by atoms with Gasteiger partial charge in [-0.05, 0) is 12.8 Å².